The summed E-state index contributed by atoms with van der Waals surface area (Å²) >= 11 is 0. The molecule has 0 spiro atoms. The molecule has 0 saturated heterocycles. The van der Waals surface area contributed by atoms with Crippen LogP contribution in [-0.2, 0) is 4.79 Å². The second-order valence-corrected chi connectivity index (χ2v) is 4.78. The van der Waals surface area contributed by atoms with Crippen LogP contribution in [-0.4, -0.2) is 46.3 Å². The van der Waals surface area contributed by atoms with Gasteiger partial charge in [0, 0.05) is 12.6 Å². The fraction of sp³-hybridized carbons (Fsp3) is 0.429. The molecular formula is C14H18N2O4. The van der Waals surface area contributed by atoms with E-state index in [0.717, 1.165) is 12.8 Å². The molecule has 1 aliphatic carbocycles. The zero-order valence-electron chi connectivity index (χ0n) is 11.0. The lowest BCUT2D eigenvalue weighted by atomic mass is 10.1. The maximum atomic E-state index is 12.1. The number of hydrogen-bond donors (Lipinski definition) is 3. The number of carbonyl (C=O) groups excluding carboxylic acids is 1. The van der Waals surface area contributed by atoms with Gasteiger partial charge in [-0.2, -0.15) is 0 Å². The Hall–Kier alpha value is -2.08. The average Bonchev–Trinajstić information content (AvgIpc) is 3.27. The Labute approximate surface area is 117 Å². The zero-order valence-corrected chi connectivity index (χ0v) is 11.0. The third kappa shape index (κ3) is 3.48. The van der Waals surface area contributed by atoms with Crippen molar-refractivity contribution in [3.05, 3.63) is 35.9 Å². The van der Waals surface area contributed by atoms with E-state index in [1.165, 1.54) is 4.90 Å². The first-order valence-corrected chi connectivity index (χ1v) is 6.59. The SMILES string of the molecule is O=C(O)[C@H](NC(=O)N(CCO)C1CC1)c1ccccc1. The zero-order chi connectivity index (χ0) is 14.5. The number of rotatable bonds is 6. The minimum Gasteiger partial charge on any atom is -0.479 e. The molecule has 1 aliphatic rings. The molecule has 0 aromatic heterocycles. The molecule has 1 atom stereocenters. The number of nitrogens with one attached hydrogen (secondary N) is 1. The minimum atomic E-state index is -1.11. The van der Waals surface area contributed by atoms with Gasteiger partial charge in [-0.15, -0.1) is 0 Å². The molecular weight excluding hydrogens is 260 g/mol. The molecule has 2 rings (SSSR count). The summed E-state index contributed by atoms with van der Waals surface area (Å²) in [4.78, 5) is 25.0. The number of hydrogen-bond acceptors (Lipinski definition) is 3. The number of carboxylic acid groups (broad SMARTS) is 1. The molecule has 3 N–H and O–H groups in total. The number of nitrogens with zero attached hydrogens (tertiary/aromatic N) is 1. The van der Waals surface area contributed by atoms with Crippen LogP contribution < -0.4 is 5.32 Å². The van der Waals surface area contributed by atoms with E-state index in [1.807, 2.05) is 0 Å². The number of urea groups is 1. The van der Waals surface area contributed by atoms with Gasteiger partial charge in [0.2, 0.25) is 0 Å². The summed E-state index contributed by atoms with van der Waals surface area (Å²) in [6.07, 6.45) is 1.80. The lowest BCUT2D eigenvalue weighted by Crippen LogP contribution is -2.45. The number of aliphatic carboxylic acids is 1. The molecule has 20 heavy (non-hydrogen) atoms. The highest BCUT2D eigenvalue weighted by atomic mass is 16.4. The fourth-order valence-corrected chi connectivity index (χ4v) is 2.08. The molecule has 108 valence electrons. The standard InChI is InChI=1S/C14H18N2O4/c17-9-8-16(11-6-7-11)14(20)15-12(13(18)19)10-4-2-1-3-5-10/h1-5,11-12,17H,6-9H2,(H,15,20)(H,18,19)/t12-/m1/s1. The first kappa shape index (κ1) is 14.3. The quantitative estimate of drug-likeness (QED) is 0.723. The van der Waals surface area contributed by atoms with Gasteiger partial charge < -0.3 is 20.4 Å². The summed E-state index contributed by atoms with van der Waals surface area (Å²) in [6.45, 7) is 0.0879. The number of carboxylic acids is 1. The molecule has 1 saturated carbocycles. The highest BCUT2D eigenvalue weighted by Gasteiger charge is 2.34. The molecule has 2 amide bonds. The summed E-state index contributed by atoms with van der Waals surface area (Å²) in [7, 11) is 0. The van der Waals surface area contributed by atoms with Crippen molar-refractivity contribution in [2.24, 2.45) is 0 Å². The highest BCUT2D eigenvalue weighted by Crippen LogP contribution is 2.27. The maximum absolute atomic E-state index is 12.1. The van der Waals surface area contributed by atoms with E-state index in [4.69, 9.17) is 5.11 Å². The van der Waals surface area contributed by atoms with Crippen molar-refractivity contribution < 1.29 is 19.8 Å². The lowest BCUT2D eigenvalue weighted by Gasteiger charge is -2.24. The van der Waals surface area contributed by atoms with Gasteiger partial charge in [-0.25, -0.2) is 9.59 Å². The lowest BCUT2D eigenvalue weighted by molar-refractivity contribution is -0.139. The minimum absolute atomic E-state index is 0.118. The molecule has 0 heterocycles. The van der Waals surface area contributed by atoms with E-state index in [1.54, 1.807) is 30.3 Å². The van der Waals surface area contributed by atoms with Gasteiger partial charge in [0.25, 0.3) is 0 Å². The number of aliphatic hydroxyl groups is 1. The first-order valence-electron chi connectivity index (χ1n) is 6.59. The Morgan fingerprint density at radius 1 is 1.30 bits per heavy atom. The second-order valence-electron chi connectivity index (χ2n) is 4.78. The van der Waals surface area contributed by atoms with Crippen molar-refractivity contribution in [2.75, 3.05) is 13.2 Å². The first-order chi connectivity index (χ1) is 9.63. The Morgan fingerprint density at radius 2 is 1.95 bits per heavy atom. The van der Waals surface area contributed by atoms with Crippen LogP contribution in [0.3, 0.4) is 0 Å². The number of benzene rings is 1. The molecule has 6 heteroatoms. The molecule has 1 aromatic rings. The van der Waals surface area contributed by atoms with Crippen LogP contribution in [0, 0.1) is 0 Å². The topological polar surface area (TPSA) is 89.9 Å². The second kappa shape index (κ2) is 6.38. The van der Waals surface area contributed by atoms with Crippen LogP contribution in [0.25, 0.3) is 0 Å². The van der Waals surface area contributed by atoms with Gasteiger partial charge in [0.1, 0.15) is 0 Å². The van der Waals surface area contributed by atoms with E-state index < -0.39 is 18.0 Å². The van der Waals surface area contributed by atoms with Crippen molar-refractivity contribution in [1.82, 2.24) is 10.2 Å². The van der Waals surface area contributed by atoms with E-state index in [0.29, 0.717) is 5.56 Å². The van der Waals surface area contributed by atoms with Crippen LogP contribution in [0.5, 0.6) is 0 Å². The molecule has 0 radical (unpaired) electrons. The summed E-state index contributed by atoms with van der Waals surface area (Å²) in [6, 6.07) is 7.15. The van der Waals surface area contributed by atoms with E-state index in [2.05, 4.69) is 5.32 Å². The van der Waals surface area contributed by atoms with Gasteiger partial charge in [0.05, 0.1) is 6.61 Å². The summed E-state index contributed by atoms with van der Waals surface area (Å²) < 4.78 is 0. The van der Waals surface area contributed by atoms with Crippen LogP contribution >= 0.6 is 0 Å². The predicted molar refractivity (Wildman–Crippen MR) is 72.2 cm³/mol. The third-order valence-electron chi connectivity index (χ3n) is 3.24. The largest absolute Gasteiger partial charge is 0.479 e. The molecule has 0 bridgehead atoms. The molecule has 6 nitrogen and oxygen atoms in total. The third-order valence-corrected chi connectivity index (χ3v) is 3.24. The molecule has 0 unspecified atom stereocenters. The van der Waals surface area contributed by atoms with Gasteiger partial charge in [-0.05, 0) is 18.4 Å². The van der Waals surface area contributed by atoms with E-state index in [9.17, 15) is 14.7 Å². The molecule has 1 fully saturated rings. The molecule has 1 aromatic carbocycles. The summed E-state index contributed by atoms with van der Waals surface area (Å²) in [5, 5.41) is 20.8. The van der Waals surface area contributed by atoms with Crippen LogP contribution in [0.4, 0.5) is 4.79 Å². The summed E-state index contributed by atoms with van der Waals surface area (Å²) in [5.41, 5.74) is 0.521. The average molecular weight is 278 g/mol. The highest BCUT2D eigenvalue weighted by molar-refractivity contribution is 5.84. The Bertz CT molecular complexity index is 473. The van der Waals surface area contributed by atoms with Crippen LogP contribution in [0.15, 0.2) is 30.3 Å². The van der Waals surface area contributed by atoms with Crippen molar-refractivity contribution in [2.45, 2.75) is 24.9 Å². The van der Waals surface area contributed by atoms with Crippen molar-refractivity contribution in [3.8, 4) is 0 Å². The monoisotopic (exact) mass is 278 g/mol. The smallest absolute Gasteiger partial charge is 0.330 e. The van der Waals surface area contributed by atoms with Crippen molar-refractivity contribution >= 4 is 12.0 Å². The number of amides is 2. The van der Waals surface area contributed by atoms with Gasteiger partial charge in [-0.1, -0.05) is 30.3 Å². The predicted octanol–water partition coefficient (Wildman–Crippen LogP) is 0.979. The Balaban J connectivity index is 2.07. The number of aliphatic hydroxyl groups excluding tert-OH is 1. The van der Waals surface area contributed by atoms with Crippen molar-refractivity contribution in [3.63, 3.8) is 0 Å². The van der Waals surface area contributed by atoms with E-state index >= 15 is 0 Å². The number of carbonyl (C=O) groups is 2. The van der Waals surface area contributed by atoms with Crippen LogP contribution in [0.2, 0.25) is 0 Å². The fourth-order valence-electron chi connectivity index (χ4n) is 2.08. The summed E-state index contributed by atoms with van der Waals surface area (Å²) in [5.74, 6) is -1.11. The van der Waals surface area contributed by atoms with Crippen molar-refractivity contribution in [1.29, 1.82) is 0 Å². The van der Waals surface area contributed by atoms with Gasteiger partial charge >= 0.3 is 12.0 Å². The maximum Gasteiger partial charge on any atom is 0.330 e. The van der Waals surface area contributed by atoms with E-state index in [-0.39, 0.29) is 19.2 Å². The van der Waals surface area contributed by atoms with Gasteiger partial charge in [0.15, 0.2) is 6.04 Å². The Kier molecular flexibility index (Phi) is 4.57. The normalized spacial score (nSPS) is 15.4. The molecule has 0 aliphatic heterocycles. The Morgan fingerprint density at radius 3 is 2.45 bits per heavy atom. The van der Waals surface area contributed by atoms with Gasteiger partial charge in [-0.3, -0.25) is 0 Å². The van der Waals surface area contributed by atoms with Crippen LogP contribution in [0.1, 0.15) is 24.4 Å².